The van der Waals surface area contributed by atoms with Crippen LogP contribution in [0.2, 0.25) is 0 Å². The molecule has 29 heavy (non-hydrogen) atoms. The Kier molecular flexibility index (Phi) is 5.14. The summed E-state index contributed by atoms with van der Waals surface area (Å²) < 4.78 is 13.2. The van der Waals surface area contributed by atoms with Gasteiger partial charge in [0.2, 0.25) is 0 Å². The molecule has 0 aliphatic carbocycles. The van der Waals surface area contributed by atoms with Gasteiger partial charge in [0, 0.05) is 21.3 Å². The lowest BCUT2D eigenvalue weighted by Gasteiger charge is -2.08. The number of hydrogen-bond donors (Lipinski definition) is 3. The average Bonchev–Trinajstić information content (AvgIpc) is 3.35. The summed E-state index contributed by atoms with van der Waals surface area (Å²) in [6.07, 6.45) is 0. The number of aromatic amines is 1. The van der Waals surface area contributed by atoms with Gasteiger partial charge in [-0.3, -0.25) is 9.59 Å². The fourth-order valence-corrected chi connectivity index (χ4v) is 3.71. The molecule has 0 fully saturated rings. The average molecular weight is 407 g/mol. The zero-order chi connectivity index (χ0) is 20.4. The van der Waals surface area contributed by atoms with Gasteiger partial charge >= 0.3 is 0 Å². The third kappa shape index (κ3) is 4.05. The van der Waals surface area contributed by atoms with Crippen LogP contribution in [0, 0.1) is 12.7 Å². The van der Waals surface area contributed by atoms with E-state index in [4.69, 9.17) is 0 Å². The van der Waals surface area contributed by atoms with Gasteiger partial charge in [-0.2, -0.15) is 0 Å². The summed E-state index contributed by atoms with van der Waals surface area (Å²) in [7, 11) is 0. The van der Waals surface area contributed by atoms with Crippen molar-refractivity contribution in [3.63, 3.8) is 0 Å². The van der Waals surface area contributed by atoms with Crippen molar-refractivity contribution in [2.45, 2.75) is 13.5 Å². The van der Waals surface area contributed by atoms with Gasteiger partial charge < -0.3 is 15.6 Å². The summed E-state index contributed by atoms with van der Waals surface area (Å²) in [5, 5.41) is 8.38. The lowest BCUT2D eigenvalue weighted by molar-refractivity contribution is 0.0948. The van der Waals surface area contributed by atoms with Gasteiger partial charge in [-0.25, -0.2) is 4.39 Å². The third-order valence-electron chi connectivity index (χ3n) is 4.53. The summed E-state index contributed by atoms with van der Waals surface area (Å²) in [6, 6.07) is 14.8. The minimum absolute atomic E-state index is 0.276. The van der Waals surface area contributed by atoms with E-state index in [1.54, 1.807) is 11.3 Å². The van der Waals surface area contributed by atoms with E-state index in [1.807, 2.05) is 42.6 Å². The summed E-state index contributed by atoms with van der Waals surface area (Å²) in [4.78, 5) is 29.7. The Morgan fingerprint density at radius 3 is 2.59 bits per heavy atom. The number of hydrogen-bond acceptors (Lipinski definition) is 3. The predicted octanol–water partition coefficient (Wildman–Crippen LogP) is 4.86. The number of fused-ring (bicyclic) bond motifs is 1. The van der Waals surface area contributed by atoms with Crippen LogP contribution < -0.4 is 10.6 Å². The van der Waals surface area contributed by atoms with Crippen molar-refractivity contribution in [3.05, 3.63) is 87.5 Å². The van der Waals surface area contributed by atoms with E-state index < -0.39 is 11.7 Å². The zero-order valence-corrected chi connectivity index (χ0v) is 16.4. The van der Waals surface area contributed by atoms with Gasteiger partial charge in [0.05, 0.1) is 12.2 Å². The fraction of sp³-hybridized carbons (Fsp3) is 0.0909. The van der Waals surface area contributed by atoms with Crippen LogP contribution in [0.15, 0.2) is 60.0 Å². The summed E-state index contributed by atoms with van der Waals surface area (Å²) in [5.41, 5.74) is 2.73. The summed E-state index contributed by atoms with van der Waals surface area (Å²) in [6.45, 7) is 2.34. The number of thiophene rings is 1. The van der Waals surface area contributed by atoms with Crippen LogP contribution in [0.3, 0.4) is 0 Å². The van der Waals surface area contributed by atoms with Crippen LogP contribution in [0.25, 0.3) is 10.9 Å². The second kappa shape index (κ2) is 7.89. The number of rotatable bonds is 5. The monoisotopic (exact) mass is 407 g/mol. The Morgan fingerprint density at radius 1 is 1.07 bits per heavy atom. The van der Waals surface area contributed by atoms with Crippen molar-refractivity contribution < 1.29 is 14.0 Å². The van der Waals surface area contributed by atoms with Crippen molar-refractivity contribution in [2.75, 3.05) is 5.32 Å². The SMILES string of the molecule is Cc1ccc2[nH]c(C(=O)NCc3cccs3)c(NC(=O)c3ccc(F)cc3)c2c1. The lowest BCUT2D eigenvalue weighted by atomic mass is 10.1. The smallest absolute Gasteiger partial charge is 0.270 e. The van der Waals surface area contributed by atoms with Gasteiger partial charge in [-0.1, -0.05) is 17.7 Å². The normalized spacial score (nSPS) is 10.8. The first-order chi connectivity index (χ1) is 14.0. The van der Waals surface area contributed by atoms with Gasteiger partial charge in [0.1, 0.15) is 11.5 Å². The standard InChI is InChI=1S/C22H18FN3O2S/c1-13-4-9-18-17(11-13)19(26-21(27)14-5-7-15(23)8-6-14)20(25-18)22(28)24-12-16-3-2-10-29-16/h2-11,25H,12H2,1H3,(H,24,28)(H,26,27). The maximum Gasteiger partial charge on any atom is 0.270 e. The molecule has 0 aliphatic rings. The van der Waals surface area contributed by atoms with Crippen LogP contribution in [-0.2, 0) is 6.54 Å². The van der Waals surface area contributed by atoms with Crippen LogP contribution in [0.5, 0.6) is 0 Å². The molecule has 7 heteroatoms. The van der Waals surface area contributed by atoms with E-state index in [9.17, 15) is 14.0 Å². The number of amides is 2. The van der Waals surface area contributed by atoms with E-state index in [0.717, 1.165) is 21.3 Å². The maximum absolute atomic E-state index is 13.2. The highest BCUT2D eigenvalue weighted by molar-refractivity contribution is 7.09. The molecule has 0 spiro atoms. The Morgan fingerprint density at radius 2 is 1.86 bits per heavy atom. The van der Waals surface area contributed by atoms with E-state index in [1.165, 1.54) is 24.3 Å². The number of aryl methyl sites for hydroxylation is 1. The number of nitrogens with one attached hydrogen (secondary N) is 3. The Labute approximate surface area is 170 Å². The lowest BCUT2D eigenvalue weighted by Crippen LogP contribution is -2.24. The second-order valence-corrected chi connectivity index (χ2v) is 7.68. The van der Waals surface area contributed by atoms with E-state index in [-0.39, 0.29) is 11.6 Å². The summed E-state index contributed by atoms with van der Waals surface area (Å²) in [5.74, 6) is -1.15. The Hall–Kier alpha value is -3.45. The molecule has 2 aromatic carbocycles. The number of benzene rings is 2. The molecule has 4 rings (SSSR count). The zero-order valence-electron chi connectivity index (χ0n) is 15.6. The van der Waals surface area contributed by atoms with Crippen molar-refractivity contribution >= 4 is 39.7 Å². The van der Waals surface area contributed by atoms with Crippen molar-refractivity contribution in [2.24, 2.45) is 0 Å². The molecule has 0 atom stereocenters. The molecule has 4 aromatic rings. The second-order valence-electron chi connectivity index (χ2n) is 6.65. The molecule has 0 saturated heterocycles. The van der Waals surface area contributed by atoms with Crippen molar-refractivity contribution in [1.82, 2.24) is 10.3 Å². The highest BCUT2D eigenvalue weighted by atomic mass is 32.1. The number of anilines is 1. The number of carbonyl (C=O) groups excluding carboxylic acids is 2. The van der Waals surface area contributed by atoms with Gasteiger partial charge in [-0.05, 0) is 54.8 Å². The van der Waals surface area contributed by atoms with Crippen molar-refractivity contribution in [1.29, 1.82) is 0 Å². The molecule has 2 heterocycles. The molecule has 5 nitrogen and oxygen atoms in total. The Balaban J connectivity index is 1.67. The predicted molar refractivity (Wildman–Crippen MR) is 113 cm³/mol. The topological polar surface area (TPSA) is 74.0 Å². The first-order valence-electron chi connectivity index (χ1n) is 9.01. The summed E-state index contributed by atoms with van der Waals surface area (Å²) >= 11 is 1.56. The van der Waals surface area contributed by atoms with E-state index >= 15 is 0 Å². The molecule has 0 unspecified atom stereocenters. The fourth-order valence-electron chi connectivity index (χ4n) is 3.06. The molecular formula is C22H18FN3O2S. The first kappa shape index (κ1) is 18.9. The van der Waals surface area contributed by atoms with Crippen LogP contribution in [0.4, 0.5) is 10.1 Å². The minimum Gasteiger partial charge on any atom is -0.349 e. The number of H-pyrrole nitrogens is 1. The van der Waals surface area contributed by atoms with E-state index in [0.29, 0.717) is 17.8 Å². The molecule has 146 valence electrons. The number of halogens is 1. The Bertz CT molecular complexity index is 1180. The molecular weight excluding hydrogens is 389 g/mol. The quantitative estimate of drug-likeness (QED) is 0.442. The molecule has 2 aromatic heterocycles. The van der Waals surface area contributed by atoms with Crippen LogP contribution >= 0.6 is 11.3 Å². The number of aromatic nitrogens is 1. The first-order valence-corrected chi connectivity index (χ1v) is 9.89. The molecule has 2 amide bonds. The minimum atomic E-state index is -0.419. The molecule has 0 saturated carbocycles. The molecule has 0 aliphatic heterocycles. The third-order valence-corrected chi connectivity index (χ3v) is 5.41. The highest BCUT2D eigenvalue weighted by Gasteiger charge is 2.20. The van der Waals surface area contributed by atoms with Crippen LogP contribution in [0.1, 0.15) is 31.3 Å². The van der Waals surface area contributed by atoms with Crippen LogP contribution in [-0.4, -0.2) is 16.8 Å². The largest absolute Gasteiger partial charge is 0.349 e. The highest BCUT2D eigenvalue weighted by Crippen LogP contribution is 2.29. The molecule has 0 radical (unpaired) electrons. The maximum atomic E-state index is 13.2. The van der Waals surface area contributed by atoms with E-state index in [2.05, 4.69) is 15.6 Å². The van der Waals surface area contributed by atoms with Crippen molar-refractivity contribution in [3.8, 4) is 0 Å². The van der Waals surface area contributed by atoms with Gasteiger partial charge in [0.25, 0.3) is 11.8 Å². The van der Waals surface area contributed by atoms with Gasteiger partial charge in [-0.15, -0.1) is 11.3 Å². The van der Waals surface area contributed by atoms with Gasteiger partial charge in [0.15, 0.2) is 0 Å². The molecule has 0 bridgehead atoms. The number of carbonyl (C=O) groups is 2. The molecule has 3 N–H and O–H groups in total.